The Bertz CT molecular complexity index is 745. The van der Waals surface area contributed by atoms with Crippen LogP contribution in [0.25, 0.3) is 0 Å². The monoisotopic (exact) mass is 307 g/mol. The van der Waals surface area contributed by atoms with Crippen molar-refractivity contribution in [3.05, 3.63) is 83.7 Å². The van der Waals surface area contributed by atoms with Crippen molar-refractivity contribution >= 4 is 11.8 Å². The van der Waals surface area contributed by atoms with Gasteiger partial charge in [0, 0.05) is 24.0 Å². The predicted molar refractivity (Wildman–Crippen MR) is 87.7 cm³/mol. The molecule has 1 aromatic carbocycles. The maximum Gasteiger partial charge on any atom is 0.252 e. The molecule has 3 rings (SSSR count). The van der Waals surface area contributed by atoms with Crippen LogP contribution in [0.1, 0.15) is 11.6 Å². The highest BCUT2D eigenvalue weighted by molar-refractivity contribution is 5.99. The summed E-state index contributed by atoms with van der Waals surface area (Å²) in [6, 6.07) is 8.13. The maximum atomic E-state index is 12.5. The summed E-state index contributed by atoms with van der Waals surface area (Å²) in [4.78, 5) is 26.2. The Balaban J connectivity index is 1.77. The number of hydrogen-bond acceptors (Lipinski definition) is 3. The number of amides is 2. The van der Waals surface area contributed by atoms with Gasteiger partial charge in [-0.05, 0) is 23.8 Å². The van der Waals surface area contributed by atoms with Crippen LogP contribution >= 0.6 is 0 Å². The van der Waals surface area contributed by atoms with E-state index in [1.807, 2.05) is 41.5 Å². The van der Waals surface area contributed by atoms with Gasteiger partial charge in [0.1, 0.15) is 6.04 Å². The summed E-state index contributed by atoms with van der Waals surface area (Å²) in [5.74, 6) is -0.900. The molecule has 0 aliphatic carbocycles. The minimum atomic E-state index is -0.845. The SMILES string of the molecule is NC(=O)C(NC(=O)C1=CCN2C=CC=CC2=C1)c1ccccc1. The van der Waals surface area contributed by atoms with Gasteiger partial charge in [0.15, 0.2) is 0 Å². The number of hydrogen-bond donors (Lipinski definition) is 2. The van der Waals surface area contributed by atoms with Gasteiger partial charge < -0.3 is 16.0 Å². The molecule has 5 heteroatoms. The number of allylic oxidation sites excluding steroid dienone is 3. The third-order valence-corrected chi connectivity index (χ3v) is 3.74. The van der Waals surface area contributed by atoms with E-state index in [0.717, 1.165) is 5.70 Å². The summed E-state index contributed by atoms with van der Waals surface area (Å²) in [6.07, 6.45) is 11.4. The summed E-state index contributed by atoms with van der Waals surface area (Å²) in [5.41, 5.74) is 7.57. The normalized spacial score (nSPS) is 17.0. The highest BCUT2D eigenvalue weighted by Gasteiger charge is 2.23. The third kappa shape index (κ3) is 3.23. The number of fused-ring (bicyclic) bond motifs is 1. The topological polar surface area (TPSA) is 75.4 Å². The molecule has 2 heterocycles. The molecule has 1 aromatic rings. The molecular weight excluding hydrogens is 290 g/mol. The lowest BCUT2D eigenvalue weighted by atomic mass is 10.0. The minimum Gasteiger partial charge on any atom is -0.368 e. The fraction of sp³-hybridized carbons (Fsp3) is 0.111. The molecule has 0 bridgehead atoms. The van der Waals surface area contributed by atoms with Crippen LogP contribution in [0.2, 0.25) is 0 Å². The van der Waals surface area contributed by atoms with Crippen molar-refractivity contribution in [2.45, 2.75) is 6.04 Å². The van der Waals surface area contributed by atoms with E-state index < -0.39 is 11.9 Å². The second-order valence-electron chi connectivity index (χ2n) is 5.30. The van der Waals surface area contributed by atoms with Crippen molar-refractivity contribution in [3.8, 4) is 0 Å². The highest BCUT2D eigenvalue weighted by Crippen LogP contribution is 2.20. The van der Waals surface area contributed by atoms with E-state index in [1.54, 1.807) is 30.3 Å². The van der Waals surface area contributed by atoms with Gasteiger partial charge in [-0.3, -0.25) is 9.59 Å². The van der Waals surface area contributed by atoms with Crippen molar-refractivity contribution in [1.29, 1.82) is 0 Å². The van der Waals surface area contributed by atoms with E-state index in [2.05, 4.69) is 5.32 Å². The second kappa shape index (κ2) is 6.36. The smallest absolute Gasteiger partial charge is 0.252 e. The number of rotatable bonds is 4. The minimum absolute atomic E-state index is 0.312. The number of primary amides is 1. The third-order valence-electron chi connectivity index (χ3n) is 3.74. The highest BCUT2D eigenvalue weighted by atomic mass is 16.2. The van der Waals surface area contributed by atoms with Crippen molar-refractivity contribution in [3.63, 3.8) is 0 Å². The molecular formula is C18H17N3O2. The number of nitrogens with one attached hydrogen (secondary N) is 1. The molecule has 1 unspecified atom stereocenters. The van der Waals surface area contributed by atoms with Gasteiger partial charge in [-0.15, -0.1) is 0 Å². The summed E-state index contributed by atoms with van der Waals surface area (Å²) < 4.78 is 0. The average molecular weight is 307 g/mol. The Labute approximate surface area is 134 Å². The van der Waals surface area contributed by atoms with Gasteiger partial charge in [-0.1, -0.05) is 42.5 Å². The first-order valence-electron chi connectivity index (χ1n) is 7.33. The first kappa shape index (κ1) is 14.8. The van der Waals surface area contributed by atoms with Gasteiger partial charge in [-0.25, -0.2) is 0 Å². The van der Waals surface area contributed by atoms with Gasteiger partial charge in [0.25, 0.3) is 5.91 Å². The molecule has 0 saturated carbocycles. The van der Waals surface area contributed by atoms with E-state index in [1.165, 1.54) is 0 Å². The standard InChI is InChI=1S/C18H17N3O2/c19-17(22)16(13-6-2-1-3-7-13)20-18(23)14-9-11-21-10-5-4-8-15(21)12-14/h1-10,12,16H,11H2,(H2,19,22)(H,20,23). The van der Waals surface area contributed by atoms with E-state index in [4.69, 9.17) is 5.73 Å². The molecule has 0 spiro atoms. The van der Waals surface area contributed by atoms with Crippen molar-refractivity contribution in [2.24, 2.45) is 5.73 Å². The molecule has 5 nitrogen and oxygen atoms in total. The molecule has 1 atom stereocenters. The molecule has 23 heavy (non-hydrogen) atoms. The zero-order valence-electron chi connectivity index (χ0n) is 12.5. The molecule has 0 saturated heterocycles. The van der Waals surface area contributed by atoms with Crippen molar-refractivity contribution in [1.82, 2.24) is 10.2 Å². The molecule has 3 N–H and O–H groups in total. The van der Waals surface area contributed by atoms with Crippen LogP contribution in [0.5, 0.6) is 0 Å². The lowest BCUT2D eigenvalue weighted by Gasteiger charge is -2.26. The average Bonchev–Trinajstić information content (AvgIpc) is 2.59. The molecule has 0 fully saturated rings. The van der Waals surface area contributed by atoms with E-state index in [0.29, 0.717) is 17.7 Å². The maximum absolute atomic E-state index is 12.5. The number of benzene rings is 1. The predicted octanol–water partition coefficient (Wildman–Crippen LogP) is 1.54. The molecule has 2 aliphatic rings. The number of carbonyl (C=O) groups is 2. The molecule has 2 aliphatic heterocycles. The molecule has 0 aromatic heterocycles. The quantitative estimate of drug-likeness (QED) is 0.886. The summed E-state index contributed by atoms with van der Waals surface area (Å²) in [7, 11) is 0. The fourth-order valence-electron chi connectivity index (χ4n) is 2.54. The number of carbonyl (C=O) groups excluding carboxylic acids is 2. The summed E-state index contributed by atoms with van der Waals surface area (Å²) in [6.45, 7) is 0.613. The van der Waals surface area contributed by atoms with Gasteiger partial charge in [0.05, 0.1) is 0 Å². The molecule has 0 radical (unpaired) electrons. The zero-order valence-corrected chi connectivity index (χ0v) is 12.5. The Hall–Kier alpha value is -3.08. The van der Waals surface area contributed by atoms with Crippen LogP contribution in [0.4, 0.5) is 0 Å². The number of nitrogens with two attached hydrogens (primary N) is 1. The van der Waals surface area contributed by atoms with Crippen LogP contribution in [0.3, 0.4) is 0 Å². The van der Waals surface area contributed by atoms with Gasteiger partial charge in [0.2, 0.25) is 5.91 Å². The number of nitrogens with zero attached hydrogens (tertiary/aromatic N) is 1. The van der Waals surface area contributed by atoms with Gasteiger partial charge in [-0.2, -0.15) is 0 Å². The van der Waals surface area contributed by atoms with Crippen LogP contribution in [-0.4, -0.2) is 23.3 Å². The summed E-state index contributed by atoms with van der Waals surface area (Å²) >= 11 is 0. The first-order valence-corrected chi connectivity index (χ1v) is 7.33. The zero-order chi connectivity index (χ0) is 16.2. The first-order chi connectivity index (χ1) is 11.1. The lowest BCUT2D eigenvalue weighted by Crippen LogP contribution is -2.38. The Morgan fingerprint density at radius 1 is 1.17 bits per heavy atom. The Morgan fingerprint density at radius 2 is 1.96 bits per heavy atom. The Kier molecular flexibility index (Phi) is 4.10. The lowest BCUT2D eigenvalue weighted by molar-refractivity contribution is -0.125. The van der Waals surface area contributed by atoms with E-state index in [-0.39, 0.29) is 5.91 Å². The van der Waals surface area contributed by atoms with Crippen molar-refractivity contribution in [2.75, 3.05) is 6.54 Å². The Morgan fingerprint density at radius 3 is 2.70 bits per heavy atom. The van der Waals surface area contributed by atoms with Crippen LogP contribution in [-0.2, 0) is 9.59 Å². The van der Waals surface area contributed by atoms with Crippen LogP contribution < -0.4 is 11.1 Å². The van der Waals surface area contributed by atoms with Crippen LogP contribution in [0, 0.1) is 0 Å². The largest absolute Gasteiger partial charge is 0.368 e. The van der Waals surface area contributed by atoms with Crippen molar-refractivity contribution < 1.29 is 9.59 Å². The van der Waals surface area contributed by atoms with E-state index >= 15 is 0 Å². The fourth-order valence-corrected chi connectivity index (χ4v) is 2.54. The molecule has 116 valence electrons. The van der Waals surface area contributed by atoms with Gasteiger partial charge >= 0.3 is 0 Å². The second-order valence-corrected chi connectivity index (χ2v) is 5.30. The van der Waals surface area contributed by atoms with Crippen LogP contribution in [0.15, 0.2) is 78.2 Å². The van der Waals surface area contributed by atoms with E-state index in [9.17, 15) is 9.59 Å². The summed E-state index contributed by atoms with van der Waals surface area (Å²) in [5, 5.41) is 2.71. The molecule has 2 amide bonds.